The van der Waals surface area contributed by atoms with Gasteiger partial charge in [-0.3, -0.25) is 52.9 Å². The van der Waals surface area contributed by atoms with E-state index in [0.717, 1.165) is 4.90 Å². The van der Waals surface area contributed by atoms with Gasteiger partial charge in [-0.05, 0) is 170 Å². The summed E-state index contributed by atoms with van der Waals surface area (Å²) in [6, 6.07) is 13.9. The zero-order chi connectivity index (χ0) is 82.9. The van der Waals surface area contributed by atoms with Crippen LogP contribution in [0, 0.1) is 0 Å². The number of carbonyl (C=O) groups is 13. The van der Waals surface area contributed by atoms with Gasteiger partial charge in [0.05, 0.1) is 31.7 Å². The minimum Gasteiger partial charge on any atom is -0.455 e. The van der Waals surface area contributed by atoms with Crippen LogP contribution in [0.2, 0.25) is 0 Å². The van der Waals surface area contributed by atoms with E-state index in [1.54, 1.807) is 155 Å². The molecule has 3 aromatic rings. The van der Waals surface area contributed by atoms with Gasteiger partial charge >= 0.3 is 18.2 Å². The maximum absolute atomic E-state index is 14.8. The number of likely N-dealkylation sites (N-methyl/N-ethyl adjacent to an activating group) is 7. The minimum atomic E-state index is -1.38. The van der Waals surface area contributed by atoms with Gasteiger partial charge in [0.2, 0.25) is 53.0 Å². The lowest BCUT2D eigenvalue weighted by Crippen LogP contribution is -2.49. The standard InChI is InChI=1S/C77H123N17O16S2/c1-86(2)46-47-92(12)77(107)110-59-34-32-58(33-35-59)56-109-76(106)91(11)43-24-39-83-73(103)63(49-64(95)75(105)108-55-57-27-16-14-17-28-57)93(13)70(100)31-18-15-23-48-111-112-65-36-42-78-50-60(65)74(104)94(44-25-40-81-71(101)61(84-68(98)53-89(7)8)29-19-21-37-79-66(96)51-87(3)4)45-26-41-82-72(102)62(85-69(99)54-90(9)10)30-20-22-38-80-67(97)52-88(5)6/h14,16-17,27-28,32-36,42,50,61-63H,15,18-26,29-31,37-41,43-49,51-56H2,1-13H3,(H,79,96)(H,80,97)(H,81,101)(H,82,102)(H,83,103)(H,84,98)(H,85,99)/t61-,62-,63-/m0/s1. The summed E-state index contributed by atoms with van der Waals surface area (Å²) in [5, 5.41) is 20.1. The summed E-state index contributed by atoms with van der Waals surface area (Å²) >= 11 is 0. The molecule has 1 aromatic heterocycles. The van der Waals surface area contributed by atoms with Crippen LogP contribution in [0.5, 0.6) is 5.75 Å². The highest BCUT2D eigenvalue weighted by molar-refractivity contribution is 8.76. The first kappa shape index (κ1) is 97.2. The topological polar surface area (TPSA) is 376 Å². The minimum absolute atomic E-state index is 0.0114. The average molecular weight is 1610 g/mol. The largest absolute Gasteiger partial charge is 0.455 e. The predicted molar refractivity (Wildman–Crippen MR) is 430 cm³/mol. The van der Waals surface area contributed by atoms with Crippen LogP contribution in [-0.4, -0.2) is 333 Å². The first-order valence-electron chi connectivity index (χ1n) is 37.9. The second-order valence-corrected chi connectivity index (χ2v) is 31.1. The second kappa shape index (κ2) is 55.4. The summed E-state index contributed by atoms with van der Waals surface area (Å²) in [5.74, 6) is -4.44. The molecule has 0 aliphatic rings. The number of hydrogen-bond acceptors (Lipinski definition) is 24. The molecule has 1 heterocycles. The number of Topliss-reactive ketones (excluding diaryl/α,β-unsaturated/α-hetero) is 1. The van der Waals surface area contributed by atoms with E-state index in [2.05, 4.69) is 42.2 Å². The summed E-state index contributed by atoms with van der Waals surface area (Å²) in [6.07, 6.45) is 6.66. The molecule has 35 heteroatoms. The quantitative estimate of drug-likeness (QED) is 0.0185. The molecule has 33 nitrogen and oxygen atoms in total. The number of unbranched alkanes of at least 4 members (excludes halogenated alkanes) is 4. The Labute approximate surface area is 668 Å². The van der Waals surface area contributed by atoms with Gasteiger partial charge in [0.1, 0.15) is 37.1 Å². The molecule has 7 N–H and O–H groups in total. The van der Waals surface area contributed by atoms with Crippen LogP contribution >= 0.6 is 21.6 Å². The molecule has 0 unspecified atom stereocenters. The van der Waals surface area contributed by atoms with E-state index < -0.39 is 72.1 Å². The zero-order valence-corrected chi connectivity index (χ0v) is 69.5. The lowest BCUT2D eigenvalue weighted by atomic mass is 10.1. The third-order valence-electron chi connectivity index (χ3n) is 16.9. The fourth-order valence-corrected chi connectivity index (χ4v) is 13.1. The van der Waals surface area contributed by atoms with Crippen molar-refractivity contribution in [2.75, 3.05) is 189 Å². The second-order valence-electron chi connectivity index (χ2n) is 28.6. The van der Waals surface area contributed by atoms with Crippen molar-refractivity contribution >= 4 is 98.7 Å². The number of aromatic nitrogens is 1. The van der Waals surface area contributed by atoms with Gasteiger partial charge in [-0.2, -0.15) is 0 Å². The van der Waals surface area contributed by atoms with E-state index in [0.29, 0.717) is 130 Å². The van der Waals surface area contributed by atoms with Gasteiger partial charge in [0.25, 0.3) is 5.91 Å². The van der Waals surface area contributed by atoms with Crippen molar-refractivity contribution in [1.29, 1.82) is 0 Å². The third kappa shape index (κ3) is 42.6. The van der Waals surface area contributed by atoms with Gasteiger partial charge in [0, 0.05) is 122 Å². The Balaban J connectivity index is 1.69. The van der Waals surface area contributed by atoms with Crippen LogP contribution in [-0.2, 0) is 70.6 Å². The van der Waals surface area contributed by atoms with Crippen molar-refractivity contribution in [3.05, 3.63) is 89.7 Å². The van der Waals surface area contributed by atoms with Gasteiger partial charge in [-0.15, -0.1) is 0 Å². The van der Waals surface area contributed by atoms with Crippen LogP contribution < -0.4 is 42.0 Å². The fourth-order valence-electron chi connectivity index (χ4n) is 10.8. The van der Waals surface area contributed by atoms with Crippen LogP contribution in [0.15, 0.2) is 78.0 Å². The molecule has 3 atom stereocenters. The molecule has 0 saturated carbocycles. The molecule has 0 spiro atoms. The summed E-state index contributed by atoms with van der Waals surface area (Å²) in [4.78, 5) is 192. The molecule has 112 heavy (non-hydrogen) atoms. The molecular weight excluding hydrogens is 1480 g/mol. The Morgan fingerprint density at radius 3 is 1.48 bits per heavy atom. The summed E-state index contributed by atoms with van der Waals surface area (Å²) in [5.41, 5.74) is 1.61. The van der Waals surface area contributed by atoms with Crippen molar-refractivity contribution < 1.29 is 76.5 Å². The number of hydrogen-bond donors (Lipinski definition) is 7. The molecule has 3 rings (SSSR count). The number of carbonyl (C=O) groups excluding carboxylic acids is 13. The normalized spacial score (nSPS) is 11.9. The Morgan fingerprint density at radius 1 is 0.455 bits per heavy atom. The van der Waals surface area contributed by atoms with Crippen molar-refractivity contribution in [1.82, 2.24) is 86.3 Å². The van der Waals surface area contributed by atoms with Gasteiger partial charge < -0.3 is 95.5 Å². The number of ketones is 1. The molecule has 624 valence electrons. The number of pyridine rings is 1. The lowest BCUT2D eigenvalue weighted by Gasteiger charge is -2.27. The molecular formula is C77H123N17O16S2. The fraction of sp³-hybridized carbons (Fsp3) is 0.610. The summed E-state index contributed by atoms with van der Waals surface area (Å²) < 4.78 is 16.2. The highest BCUT2D eigenvalue weighted by Gasteiger charge is 2.33. The number of nitrogens with one attached hydrogen (secondary N) is 7. The predicted octanol–water partition coefficient (Wildman–Crippen LogP) is 2.92. The van der Waals surface area contributed by atoms with Crippen molar-refractivity contribution in [2.24, 2.45) is 0 Å². The van der Waals surface area contributed by atoms with E-state index in [9.17, 15) is 62.3 Å². The van der Waals surface area contributed by atoms with Gasteiger partial charge in [-0.25, -0.2) is 14.4 Å². The molecule has 0 bridgehead atoms. The average Bonchev–Trinajstić information content (AvgIpc) is 0.846. The van der Waals surface area contributed by atoms with Crippen molar-refractivity contribution in [3.63, 3.8) is 0 Å². The molecule has 0 aliphatic heterocycles. The number of amides is 11. The molecule has 0 saturated heterocycles. The molecule has 11 amide bonds. The van der Waals surface area contributed by atoms with Gasteiger partial charge in [0.15, 0.2) is 0 Å². The SMILES string of the molecule is CN(C)CCN(C)C(=O)Oc1ccc(COC(=O)N(C)CCCNC(=O)[C@H](CC(=O)C(=O)OCc2ccccc2)N(C)C(=O)CCCCCSSc2ccncc2C(=O)N(CCCNC(=O)[C@H](CCCCNC(=O)CN(C)C)NC(=O)CN(C)C)CCCNC(=O)[C@H](CCCCNC(=O)CN(C)C)NC(=O)CN(C)C)cc1. The molecule has 2 aromatic carbocycles. The maximum Gasteiger partial charge on any atom is 0.415 e. The smallest absolute Gasteiger partial charge is 0.415 e. The van der Waals surface area contributed by atoms with Crippen LogP contribution in [0.3, 0.4) is 0 Å². The zero-order valence-electron chi connectivity index (χ0n) is 67.9. The van der Waals surface area contributed by atoms with E-state index in [4.69, 9.17) is 14.2 Å². The first-order valence-corrected chi connectivity index (χ1v) is 40.3. The van der Waals surface area contributed by atoms with Crippen molar-refractivity contribution in [2.45, 2.75) is 126 Å². The molecule has 0 aliphatic carbocycles. The summed E-state index contributed by atoms with van der Waals surface area (Å²) in [7, 11) is 25.4. The van der Waals surface area contributed by atoms with E-state index in [1.165, 1.54) is 51.7 Å². The lowest BCUT2D eigenvalue weighted by molar-refractivity contribution is -0.156. The number of ether oxygens (including phenoxy) is 3. The Kier molecular flexibility index (Phi) is 48.1. The highest BCUT2D eigenvalue weighted by Crippen LogP contribution is 2.34. The highest BCUT2D eigenvalue weighted by atomic mass is 33.1. The number of benzene rings is 2. The van der Waals surface area contributed by atoms with Crippen LogP contribution in [0.25, 0.3) is 0 Å². The van der Waals surface area contributed by atoms with Crippen LogP contribution in [0.1, 0.15) is 111 Å². The van der Waals surface area contributed by atoms with E-state index >= 15 is 0 Å². The van der Waals surface area contributed by atoms with E-state index in [1.807, 2.05) is 19.0 Å². The molecule has 0 fully saturated rings. The van der Waals surface area contributed by atoms with E-state index in [-0.39, 0.29) is 121 Å². The number of nitrogens with zero attached hydrogens (tertiary/aromatic N) is 10. The van der Waals surface area contributed by atoms with Crippen molar-refractivity contribution in [3.8, 4) is 5.75 Å². The van der Waals surface area contributed by atoms with Crippen LogP contribution in [0.4, 0.5) is 9.59 Å². The number of rotatable bonds is 56. The van der Waals surface area contributed by atoms with Gasteiger partial charge in [-0.1, -0.05) is 70.5 Å². The Hall–Kier alpha value is -9.00. The maximum atomic E-state index is 14.8. The Morgan fingerprint density at radius 2 is 0.946 bits per heavy atom. The monoisotopic (exact) mass is 1610 g/mol. The third-order valence-corrected chi connectivity index (χ3v) is 19.5. The number of esters is 1. The first-order chi connectivity index (χ1) is 53.3. The summed E-state index contributed by atoms with van der Waals surface area (Å²) in [6.45, 7) is 3.14. The Bertz CT molecular complexity index is 3330. The molecule has 0 radical (unpaired) electrons.